The van der Waals surface area contributed by atoms with Crippen molar-refractivity contribution in [3.05, 3.63) is 65.4 Å². The topological polar surface area (TPSA) is 103 Å². The Morgan fingerprint density at radius 1 is 1.00 bits per heavy atom. The second-order valence-electron chi connectivity index (χ2n) is 7.53. The van der Waals surface area contributed by atoms with Gasteiger partial charge in [0.1, 0.15) is 37.1 Å². The minimum absolute atomic E-state index is 0.0853. The molecule has 1 aliphatic heterocycles. The number of fused-ring (bicyclic) bond motifs is 1. The standard InChI is InChI=1S/C24H22ClFN2O7S/c1-32-21-13-19(22(33-2)12-18(21)25)27-24(29)14-28(16-5-3-15(26)4-6-16)36(30,31)17-7-8-20-23(11-17)35-10-9-34-20/h3-8,11-13H,9-10,14H2,1-2H3,(H,27,29). The van der Waals surface area contributed by atoms with Gasteiger partial charge in [0, 0.05) is 18.2 Å². The summed E-state index contributed by atoms with van der Waals surface area (Å²) in [6.45, 7) is -0.0105. The van der Waals surface area contributed by atoms with E-state index in [-0.39, 0.29) is 45.1 Å². The van der Waals surface area contributed by atoms with Gasteiger partial charge in [-0.15, -0.1) is 0 Å². The molecular formula is C24H22ClFN2O7S. The Kier molecular flexibility index (Phi) is 7.41. The van der Waals surface area contributed by atoms with Crippen molar-refractivity contribution in [2.24, 2.45) is 0 Å². The summed E-state index contributed by atoms with van der Waals surface area (Å²) in [6, 6.07) is 11.8. The van der Waals surface area contributed by atoms with Crippen molar-refractivity contribution in [3.63, 3.8) is 0 Å². The smallest absolute Gasteiger partial charge is 0.264 e. The van der Waals surface area contributed by atoms with Crippen LogP contribution in [0.5, 0.6) is 23.0 Å². The third-order valence-corrected chi connectivity index (χ3v) is 7.32. The van der Waals surface area contributed by atoms with E-state index in [1.165, 1.54) is 56.7 Å². The zero-order valence-electron chi connectivity index (χ0n) is 19.3. The number of methoxy groups -OCH3 is 2. The molecule has 9 nitrogen and oxygen atoms in total. The largest absolute Gasteiger partial charge is 0.495 e. The average Bonchev–Trinajstić information content (AvgIpc) is 2.88. The van der Waals surface area contributed by atoms with Gasteiger partial charge in [-0.2, -0.15) is 0 Å². The van der Waals surface area contributed by atoms with Crippen molar-refractivity contribution in [2.45, 2.75) is 4.90 Å². The van der Waals surface area contributed by atoms with Gasteiger partial charge in [-0.05, 0) is 36.4 Å². The molecule has 0 aromatic heterocycles. The predicted octanol–water partition coefficient (Wildman–Crippen LogP) is 4.10. The fourth-order valence-electron chi connectivity index (χ4n) is 3.51. The zero-order chi connectivity index (χ0) is 25.9. The number of benzene rings is 3. The highest BCUT2D eigenvalue weighted by Gasteiger charge is 2.29. The van der Waals surface area contributed by atoms with Crippen LogP contribution in [0.4, 0.5) is 15.8 Å². The first-order valence-electron chi connectivity index (χ1n) is 10.6. The number of rotatable bonds is 8. The molecule has 0 radical (unpaired) electrons. The molecule has 4 rings (SSSR count). The third-order valence-electron chi connectivity index (χ3n) is 5.25. The van der Waals surface area contributed by atoms with Crippen LogP contribution in [0.3, 0.4) is 0 Å². The molecule has 0 saturated heterocycles. The molecule has 0 spiro atoms. The Morgan fingerprint density at radius 3 is 2.33 bits per heavy atom. The van der Waals surface area contributed by atoms with E-state index in [2.05, 4.69) is 5.32 Å². The predicted molar refractivity (Wildman–Crippen MR) is 132 cm³/mol. The van der Waals surface area contributed by atoms with Crippen molar-refractivity contribution in [3.8, 4) is 23.0 Å². The molecule has 36 heavy (non-hydrogen) atoms. The van der Waals surface area contributed by atoms with Crippen LogP contribution in [-0.2, 0) is 14.8 Å². The lowest BCUT2D eigenvalue weighted by Crippen LogP contribution is -2.38. The van der Waals surface area contributed by atoms with Crippen molar-refractivity contribution >= 4 is 38.9 Å². The van der Waals surface area contributed by atoms with Crippen LogP contribution in [-0.4, -0.2) is 48.3 Å². The summed E-state index contributed by atoms with van der Waals surface area (Å²) in [5.74, 6) is -0.0379. The van der Waals surface area contributed by atoms with Gasteiger partial charge in [-0.25, -0.2) is 12.8 Å². The third kappa shape index (κ3) is 5.26. The Bertz CT molecular complexity index is 1380. The number of carbonyl (C=O) groups is 1. The molecule has 1 amide bonds. The Balaban J connectivity index is 1.68. The quantitative estimate of drug-likeness (QED) is 0.462. The van der Waals surface area contributed by atoms with Crippen molar-refractivity contribution < 1.29 is 36.6 Å². The van der Waals surface area contributed by atoms with Crippen LogP contribution in [0.2, 0.25) is 5.02 Å². The molecule has 3 aromatic carbocycles. The molecule has 1 N–H and O–H groups in total. The molecule has 0 aliphatic carbocycles. The fourth-order valence-corrected chi connectivity index (χ4v) is 5.18. The van der Waals surface area contributed by atoms with Gasteiger partial charge in [0.25, 0.3) is 10.0 Å². The molecule has 0 saturated carbocycles. The molecule has 12 heteroatoms. The highest BCUT2D eigenvalue weighted by molar-refractivity contribution is 7.92. The van der Waals surface area contributed by atoms with E-state index in [1.54, 1.807) is 0 Å². The van der Waals surface area contributed by atoms with E-state index in [1.807, 2.05) is 0 Å². The summed E-state index contributed by atoms with van der Waals surface area (Å²) < 4.78 is 63.2. The Morgan fingerprint density at radius 2 is 1.67 bits per heavy atom. The summed E-state index contributed by atoms with van der Waals surface area (Å²) in [5.41, 5.74) is 0.307. The normalized spacial score (nSPS) is 12.6. The number of ether oxygens (including phenoxy) is 4. The SMILES string of the molecule is COc1cc(NC(=O)CN(c2ccc(F)cc2)S(=O)(=O)c2ccc3c(c2)OCCO3)c(OC)cc1Cl. The number of hydrogen-bond donors (Lipinski definition) is 1. The van der Waals surface area contributed by atoms with E-state index in [0.717, 1.165) is 16.4 Å². The summed E-state index contributed by atoms with van der Waals surface area (Å²) in [7, 11) is -1.48. The highest BCUT2D eigenvalue weighted by Crippen LogP contribution is 2.37. The summed E-state index contributed by atoms with van der Waals surface area (Å²) in [5, 5.41) is 2.89. The van der Waals surface area contributed by atoms with E-state index < -0.39 is 28.3 Å². The van der Waals surface area contributed by atoms with E-state index in [4.69, 9.17) is 30.5 Å². The van der Waals surface area contributed by atoms with Crippen molar-refractivity contribution in [1.82, 2.24) is 0 Å². The molecule has 1 heterocycles. The number of anilines is 2. The molecule has 3 aromatic rings. The average molecular weight is 537 g/mol. The molecule has 1 aliphatic rings. The summed E-state index contributed by atoms with van der Waals surface area (Å²) in [4.78, 5) is 12.9. The minimum Gasteiger partial charge on any atom is -0.495 e. The van der Waals surface area contributed by atoms with Crippen molar-refractivity contribution in [1.29, 1.82) is 0 Å². The van der Waals surface area contributed by atoms with Gasteiger partial charge in [0.2, 0.25) is 5.91 Å². The fraction of sp³-hybridized carbons (Fsp3) is 0.208. The first-order chi connectivity index (χ1) is 17.2. The summed E-state index contributed by atoms with van der Waals surface area (Å²) >= 11 is 6.12. The monoisotopic (exact) mass is 536 g/mol. The van der Waals surface area contributed by atoms with Crippen LogP contribution in [0.1, 0.15) is 0 Å². The number of hydrogen-bond acceptors (Lipinski definition) is 7. The number of carbonyl (C=O) groups excluding carboxylic acids is 1. The van der Waals surface area contributed by atoms with E-state index >= 15 is 0 Å². The molecule has 0 bridgehead atoms. The second kappa shape index (κ2) is 10.5. The van der Waals surface area contributed by atoms with Gasteiger partial charge < -0.3 is 24.3 Å². The van der Waals surface area contributed by atoms with Gasteiger partial charge in [-0.1, -0.05) is 11.6 Å². The number of sulfonamides is 1. The van der Waals surface area contributed by atoms with Crippen LogP contribution >= 0.6 is 11.6 Å². The van der Waals surface area contributed by atoms with E-state index in [9.17, 15) is 17.6 Å². The Hall–Kier alpha value is -3.70. The van der Waals surface area contributed by atoms with Crippen LogP contribution in [0.25, 0.3) is 0 Å². The molecule has 190 valence electrons. The lowest BCUT2D eigenvalue weighted by atomic mass is 10.2. The molecule has 0 atom stereocenters. The van der Waals surface area contributed by atoms with Crippen molar-refractivity contribution in [2.75, 3.05) is 43.6 Å². The lowest BCUT2D eigenvalue weighted by molar-refractivity contribution is -0.114. The Labute approximate surface area is 212 Å². The van der Waals surface area contributed by atoms with E-state index in [0.29, 0.717) is 12.4 Å². The van der Waals surface area contributed by atoms with Gasteiger partial charge >= 0.3 is 0 Å². The van der Waals surface area contributed by atoms with Gasteiger partial charge in [0.05, 0.1) is 35.5 Å². The first-order valence-corrected chi connectivity index (χ1v) is 12.4. The van der Waals surface area contributed by atoms with Gasteiger partial charge in [-0.3, -0.25) is 9.10 Å². The number of halogens is 2. The zero-order valence-corrected chi connectivity index (χ0v) is 20.9. The minimum atomic E-state index is -4.29. The second-order valence-corrected chi connectivity index (χ2v) is 9.80. The summed E-state index contributed by atoms with van der Waals surface area (Å²) in [6.07, 6.45) is 0. The maximum atomic E-state index is 13.7. The van der Waals surface area contributed by atoms with Crippen LogP contribution in [0, 0.1) is 5.82 Å². The lowest BCUT2D eigenvalue weighted by Gasteiger charge is -2.25. The maximum absolute atomic E-state index is 13.7. The number of nitrogens with zero attached hydrogens (tertiary/aromatic N) is 1. The number of amides is 1. The highest BCUT2D eigenvalue weighted by atomic mass is 35.5. The van der Waals surface area contributed by atoms with Gasteiger partial charge in [0.15, 0.2) is 11.5 Å². The number of nitrogens with one attached hydrogen (secondary N) is 1. The molecular weight excluding hydrogens is 515 g/mol. The molecule has 0 fully saturated rings. The maximum Gasteiger partial charge on any atom is 0.264 e. The van der Waals surface area contributed by atoms with Crippen LogP contribution in [0.15, 0.2) is 59.5 Å². The first kappa shape index (κ1) is 25.4. The van der Waals surface area contributed by atoms with Crippen LogP contribution < -0.4 is 28.6 Å². The molecule has 0 unspecified atom stereocenters.